The van der Waals surface area contributed by atoms with E-state index in [0.717, 1.165) is 53.1 Å². The summed E-state index contributed by atoms with van der Waals surface area (Å²) in [7, 11) is -2.39. The molecule has 204 valence electrons. The van der Waals surface area contributed by atoms with Crippen LogP contribution in [-0.2, 0) is 27.7 Å². The van der Waals surface area contributed by atoms with Crippen LogP contribution < -0.4 is 10.2 Å². The summed E-state index contributed by atoms with van der Waals surface area (Å²) in [6.45, 7) is 3.44. The van der Waals surface area contributed by atoms with Gasteiger partial charge in [-0.3, -0.25) is 9.78 Å². The molecule has 0 bridgehead atoms. The van der Waals surface area contributed by atoms with E-state index < -0.39 is 32.1 Å². The number of hydrogen-bond acceptors (Lipinski definition) is 9. The summed E-state index contributed by atoms with van der Waals surface area (Å²) in [4.78, 5) is 10.1. The first-order valence-electron chi connectivity index (χ1n) is 12.4. The van der Waals surface area contributed by atoms with Crippen molar-refractivity contribution in [2.24, 2.45) is 0 Å². The number of fused-ring (bicyclic) bond motifs is 1. The van der Waals surface area contributed by atoms with Crippen molar-refractivity contribution in [2.75, 3.05) is 30.1 Å². The van der Waals surface area contributed by atoms with Gasteiger partial charge in [-0.15, -0.1) is 0 Å². The Morgan fingerprint density at radius 1 is 1.15 bits per heavy atom. The molecule has 11 nitrogen and oxygen atoms in total. The lowest BCUT2D eigenvalue weighted by atomic mass is 10.1. The Bertz CT molecular complexity index is 1650. The minimum absolute atomic E-state index is 0.00344. The highest BCUT2D eigenvalue weighted by Gasteiger charge is 2.34. The molecule has 1 aromatic carbocycles. The third-order valence-corrected chi connectivity index (χ3v) is 7.82. The van der Waals surface area contributed by atoms with Gasteiger partial charge in [0.2, 0.25) is 5.95 Å². The van der Waals surface area contributed by atoms with Crippen molar-refractivity contribution in [1.82, 2.24) is 29.9 Å². The Labute approximate surface area is 223 Å². The van der Waals surface area contributed by atoms with Crippen LogP contribution in [0.1, 0.15) is 35.7 Å². The molecule has 0 spiro atoms. The summed E-state index contributed by atoms with van der Waals surface area (Å²) in [6.07, 6.45) is 2.76. The Hall–Kier alpha value is -3.91. The third-order valence-electron chi connectivity index (χ3n) is 6.73. The Morgan fingerprint density at radius 2 is 1.90 bits per heavy atom. The van der Waals surface area contributed by atoms with Crippen molar-refractivity contribution in [1.29, 1.82) is 0 Å². The van der Waals surface area contributed by atoms with Crippen molar-refractivity contribution in [2.45, 2.75) is 43.7 Å². The zero-order valence-corrected chi connectivity index (χ0v) is 22.3. The highest BCUT2D eigenvalue weighted by Crippen LogP contribution is 2.48. The molecule has 3 aromatic heterocycles. The van der Waals surface area contributed by atoms with Crippen molar-refractivity contribution in [3.8, 4) is 11.4 Å². The number of aryl methyl sites for hydroxylation is 1. The van der Waals surface area contributed by atoms with Gasteiger partial charge in [-0.05, 0) is 43.9 Å². The van der Waals surface area contributed by atoms with E-state index in [2.05, 4.69) is 20.5 Å². The monoisotopic (exact) mass is 556 g/mol. The summed E-state index contributed by atoms with van der Waals surface area (Å²) < 4.78 is 61.6. The zero-order valence-electron chi connectivity index (χ0n) is 21.5. The lowest BCUT2D eigenvalue weighted by Crippen LogP contribution is -2.19. The molecule has 0 amide bonds. The third kappa shape index (κ3) is 4.85. The molecule has 4 heterocycles. The van der Waals surface area contributed by atoms with E-state index in [9.17, 15) is 8.42 Å². The number of ether oxygens (including phenoxy) is 1. The number of halogens is 2. The van der Waals surface area contributed by atoms with Crippen LogP contribution >= 0.6 is 0 Å². The van der Waals surface area contributed by atoms with Crippen molar-refractivity contribution >= 4 is 33.1 Å². The second-order valence-electron chi connectivity index (χ2n) is 9.83. The molecule has 14 heteroatoms. The van der Waals surface area contributed by atoms with Crippen LogP contribution in [0.25, 0.3) is 11.4 Å². The van der Waals surface area contributed by atoms with E-state index >= 15 is 8.78 Å². The first kappa shape index (κ1) is 25.4. The van der Waals surface area contributed by atoms with E-state index in [-0.39, 0.29) is 11.9 Å². The SMILES string of the molecule is Cc1cc(Nc2nc(N(C)c3c(F)cc(S(C)(=O)=O)cc3F)nc(-c3cc4n(n3)CCOC4)c2C2CC2)n[nH]1. The van der Waals surface area contributed by atoms with Crippen molar-refractivity contribution in [3.05, 3.63) is 52.9 Å². The summed E-state index contributed by atoms with van der Waals surface area (Å²) in [6, 6.07) is 5.30. The number of aromatic nitrogens is 6. The fourth-order valence-electron chi connectivity index (χ4n) is 4.65. The molecule has 2 aliphatic rings. The number of aromatic amines is 1. The van der Waals surface area contributed by atoms with Gasteiger partial charge in [0.25, 0.3) is 0 Å². The number of anilines is 4. The van der Waals surface area contributed by atoms with Crippen LogP contribution in [0.2, 0.25) is 0 Å². The smallest absolute Gasteiger partial charge is 0.232 e. The van der Waals surface area contributed by atoms with Gasteiger partial charge in [-0.25, -0.2) is 22.2 Å². The van der Waals surface area contributed by atoms with Crippen LogP contribution in [0.5, 0.6) is 0 Å². The first-order chi connectivity index (χ1) is 18.6. The maximum Gasteiger partial charge on any atom is 0.232 e. The van der Waals surface area contributed by atoms with Gasteiger partial charge in [-0.2, -0.15) is 15.2 Å². The van der Waals surface area contributed by atoms with Gasteiger partial charge in [0, 0.05) is 30.6 Å². The fourth-order valence-corrected chi connectivity index (χ4v) is 5.28. The number of nitrogens with one attached hydrogen (secondary N) is 2. The van der Waals surface area contributed by atoms with E-state index in [1.807, 2.05) is 23.7 Å². The minimum Gasteiger partial charge on any atom is -0.373 e. The molecule has 6 rings (SSSR count). The van der Waals surface area contributed by atoms with Crippen LogP contribution in [0.4, 0.5) is 32.1 Å². The zero-order chi connectivity index (χ0) is 27.5. The largest absolute Gasteiger partial charge is 0.373 e. The van der Waals surface area contributed by atoms with Crippen LogP contribution in [0, 0.1) is 18.6 Å². The fraction of sp³-hybridized carbons (Fsp3) is 0.360. The number of H-pyrrole nitrogens is 1. The second kappa shape index (κ2) is 9.38. The van der Waals surface area contributed by atoms with Gasteiger partial charge in [0.15, 0.2) is 27.3 Å². The average Bonchev–Trinajstić information content (AvgIpc) is 3.49. The molecule has 0 unspecified atom stereocenters. The lowest BCUT2D eigenvalue weighted by Gasteiger charge is -2.22. The molecular weight excluding hydrogens is 530 g/mol. The quantitative estimate of drug-likeness (QED) is 0.347. The molecule has 0 saturated heterocycles. The summed E-state index contributed by atoms with van der Waals surface area (Å²) in [5.41, 5.74) is 3.25. The standard InChI is InChI=1S/C25H26F2N8O3S/c1-13-8-20(32-31-13)28-24-21(14-4-5-14)22(19-9-15-12-38-7-6-35(15)33-19)29-25(30-24)34(2)23-17(26)10-16(11-18(23)27)39(3,36)37/h8-11,14H,4-7,12H2,1-3H3,(H2,28,29,30,31,32). The predicted molar refractivity (Wildman–Crippen MR) is 139 cm³/mol. The molecule has 2 N–H and O–H groups in total. The molecule has 1 aliphatic carbocycles. The summed E-state index contributed by atoms with van der Waals surface area (Å²) in [5.74, 6) is -0.954. The summed E-state index contributed by atoms with van der Waals surface area (Å²) in [5, 5.41) is 15.1. The Morgan fingerprint density at radius 3 is 2.51 bits per heavy atom. The number of sulfone groups is 1. The number of hydrogen-bond donors (Lipinski definition) is 2. The molecule has 4 aromatic rings. The Kier molecular flexibility index (Phi) is 6.10. The Balaban J connectivity index is 1.52. The van der Waals surface area contributed by atoms with Gasteiger partial charge in [-0.1, -0.05) is 0 Å². The highest BCUT2D eigenvalue weighted by molar-refractivity contribution is 7.90. The van der Waals surface area contributed by atoms with Crippen LogP contribution in [-0.4, -0.2) is 58.3 Å². The average molecular weight is 557 g/mol. The predicted octanol–water partition coefficient (Wildman–Crippen LogP) is 3.97. The molecule has 1 fully saturated rings. The van der Waals surface area contributed by atoms with Gasteiger partial charge < -0.3 is 15.0 Å². The maximum absolute atomic E-state index is 15.2. The molecular formula is C25H26F2N8O3S. The van der Waals surface area contributed by atoms with Crippen molar-refractivity contribution < 1.29 is 21.9 Å². The van der Waals surface area contributed by atoms with E-state index in [0.29, 0.717) is 42.8 Å². The molecule has 1 aliphatic heterocycles. The van der Waals surface area contributed by atoms with Gasteiger partial charge in [0.1, 0.15) is 22.9 Å². The second-order valence-corrected chi connectivity index (χ2v) is 11.8. The first-order valence-corrected chi connectivity index (χ1v) is 14.3. The number of rotatable bonds is 7. The van der Waals surface area contributed by atoms with Gasteiger partial charge >= 0.3 is 0 Å². The topological polar surface area (TPSA) is 131 Å². The van der Waals surface area contributed by atoms with E-state index in [1.54, 1.807) is 0 Å². The number of benzene rings is 1. The van der Waals surface area contributed by atoms with E-state index in [1.165, 1.54) is 7.05 Å². The molecule has 1 saturated carbocycles. The lowest BCUT2D eigenvalue weighted by molar-refractivity contribution is 0.0801. The van der Waals surface area contributed by atoms with E-state index in [4.69, 9.17) is 14.8 Å². The van der Waals surface area contributed by atoms with Crippen molar-refractivity contribution in [3.63, 3.8) is 0 Å². The maximum atomic E-state index is 15.2. The normalized spacial score (nSPS) is 15.3. The summed E-state index contributed by atoms with van der Waals surface area (Å²) >= 11 is 0. The van der Waals surface area contributed by atoms with Crippen LogP contribution in [0.3, 0.4) is 0 Å². The minimum atomic E-state index is -3.82. The molecule has 39 heavy (non-hydrogen) atoms. The number of nitrogens with zero attached hydrogens (tertiary/aromatic N) is 6. The van der Waals surface area contributed by atoms with Gasteiger partial charge in [0.05, 0.1) is 30.3 Å². The van der Waals surface area contributed by atoms with Crippen LogP contribution in [0.15, 0.2) is 29.2 Å². The molecule has 0 radical (unpaired) electrons. The molecule has 0 atom stereocenters. The highest BCUT2D eigenvalue weighted by atomic mass is 32.2.